The van der Waals surface area contributed by atoms with E-state index in [4.69, 9.17) is 4.74 Å². The summed E-state index contributed by atoms with van der Waals surface area (Å²) in [7, 11) is 0. The van der Waals surface area contributed by atoms with Gasteiger partial charge in [-0.2, -0.15) is 0 Å². The Morgan fingerprint density at radius 1 is 0.667 bits per heavy atom. The van der Waals surface area contributed by atoms with Gasteiger partial charge in [-0.25, -0.2) is 4.79 Å². The minimum Gasteiger partial charge on any atom is -0.449 e. The topological polar surface area (TPSA) is 87.7 Å². The Hall–Kier alpha value is -5.53. The monoisotopic (exact) mass is 637 g/mol. The zero-order valence-corrected chi connectivity index (χ0v) is 27.0. The second-order valence-corrected chi connectivity index (χ2v) is 12.0. The molecule has 0 spiro atoms. The molecular formula is C41H39N3O4. The van der Waals surface area contributed by atoms with Crippen molar-refractivity contribution < 1.29 is 19.1 Å². The van der Waals surface area contributed by atoms with Crippen molar-refractivity contribution in [3.8, 4) is 11.1 Å². The first-order chi connectivity index (χ1) is 23.5. The molecule has 0 aromatic heterocycles. The maximum Gasteiger partial charge on any atom is 0.407 e. The molecule has 0 aliphatic heterocycles. The third kappa shape index (κ3) is 6.92. The van der Waals surface area contributed by atoms with E-state index in [1.165, 1.54) is 11.8 Å². The van der Waals surface area contributed by atoms with Crippen molar-refractivity contribution in [1.82, 2.24) is 15.5 Å². The summed E-state index contributed by atoms with van der Waals surface area (Å²) in [5.74, 6) is -0.458. The number of ketones is 1. The highest BCUT2D eigenvalue weighted by Gasteiger charge is 2.37. The lowest BCUT2D eigenvalue weighted by molar-refractivity contribution is -0.134. The lowest BCUT2D eigenvalue weighted by Crippen LogP contribution is -2.51. The molecule has 7 heteroatoms. The Bertz CT molecular complexity index is 1720. The number of benzene rings is 5. The Morgan fingerprint density at radius 2 is 1.12 bits per heavy atom. The van der Waals surface area contributed by atoms with E-state index in [1.54, 1.807) is 0 Å². The van der Waals surface area contributed by atoms with Gasteiger partial charge in [-0.05, 0) is 45.9 Å². The normalized spacial score (nSPS) is 12.1. The van der Waals surface area contributed by atoms with Gasteiger partial charge in [0.25, 0.3) is 0 Å². The zero-order valence-electron chi connectivity index (χ0n) is 27.0. The summed E-state index contributed by atoms with van der Waals surface area (Å²) in [5, 5.41) is 6.36. The molecule has 5 aromatic carbocycles. The molecule has 242 valence electrons. The molecule has 2 amide bonds. The fourth-order valence-corrected chi connectivity index (χ4v) is 6.69. The first kappa shape index (κ1) is 32.4. The van der Waals surface area contributed by atoms with E-state index < -0.39 is 11.6 Å². The number of hydrogen-bond donors (Lipinski definition) is 2. The molecule has 48 heavy (non-hydrogen) atoms. The van der Waals surface area contributed by atoms with Gasteiger partial charge < -0.3 is 15.0 Å². The van der Waals surface area contributed by atoms with Crippen LogP contribution in [0, 0.1) is 0 Å². The van der Waals surface area contributed by atoms with E-state index in [9.17, 15) is 14.4 Å². The highest BCUT2D eigenvalue weighted by atomic mass is 16.5. The predicted octanol–water partition coefficient (Wildman–Crippen LogP) is 6.52. The van der Waals surface area contributed by atoms with Gasteiger partial charge in [-0.1, -0.05) is 140 Å². The summed E-state index contributed by atoms with van der Waals surface area (Å²) in [6.07, 6.45) is -0.568. The Balaban J connectivity index is 1.12. The van der Waals surface area contributed by atoms with Gasteiger partial charge >= 0.3 is 6.09 Å². The predicted molar refractivity (Wildman–Crippen MR) is 188 cm³/mol. The van der Waals surface area contributed by atoms with Crippen molar-refractivity contribution in [2.45, 2.75) is 18.4 Å². The summed E-state index contributed by atoms with van der Waals surface area (Å²) in [5.41, 5.74) is 6.68. The molecule has 0 atom stereocenters. The van der Waals surface area contributed by atoms with E-state index >= 15 is 0 Å². The van der Waals surface area contributed by atoms with Crippen LogP contribution < -0.4 is 10.6 Å². The number of hydrogen-bond acceptors (Lipinski definition) is 5. The average Bonchev–Trinajstić information content (AvgIpc) is 3.45. The van der Waals surface area contributed by atoms with Gasteiger partial charge in [0.05, 0.1) is 18.6 Å². The van der Waals surface area contributed by atoms with Gasteiger partial charge in [0.15, 0.2) is 0 Å². The second kappa shape index (κ2) is 14.9. The largest absolute Gasteiger partial charge is 0.449 e. The van der Waals surface area contributed by atoms with Gasteiger partial charge in [-0.15, -0.1) is 0 Å². The van der Waals surface area contributed by atoms with E-state index in [2.05, 4.69) is 34.9 Å². The van der Waals surface area contributed by atoms with Crippen molar-refractivity contribution in [3.05, 3.63) is 167 Å². The first-order valence-corrected chi connectivity index (χ1v) is 16.2. The SMILES string of the molecule is CC(=O)CN(CCNC(=O)OCC1c2ccccc2-c2ccccc21)C(=O)CNC(c1ccccc1)(c1ccccc1)c1ccccc1. The van der Waals surface area contributed by atoms with Gasteiger partial charge in [0.2, 0.25) is 5.91 Å². The maximum atomic E-state index is 13.8. The molecule has 5 aromatic rings. The highest BCUT2D eigenvalue weighted by molar-refractivity contribution is 5.86. The van der Waals surface area contributed by atoms with Crippen molar-refractivity contribution >= 4 is 17.8 Å². The number of Topliss-reactive ketones (excluding diaryl/α,β-unsaturated/α-hetero) is 1. The van der Waals surface area contributed by atoms with E-state index in [0.29, 0.717) is 0 Å². The standard InChI is InChI=1S/C41H39N3O4/c1-30(45)28-44(26-25-42-40(47)48-29-38-36-23-13-11-21-34(36)35-22-12-14-24-37(35)38)39(46)27-43-41(31-15-5-2-6-16-31,32-17-7-3-8-18-32)33-19-9-4-10-20-33/h2-24,38,43H,25-29H2,1H3,(H,42,47). The summed E-state index contributed by atoms with van der Waals surface area (Å²) in [4.78, 5) is 40.3. The summed E-state index contributed by atoms with van der Waals surface area (Å²) >= 11 is 0. The number of rotatable bonds is 13. The summed E-state index contributed by atoms with van der Waals surface area (Å²) < 4.78 is 5.67. The summed E-state index contributed by atoms with van der Waals surface area (Å²) in [6, 6.07) is 46.4. The number of ether oxygens (including phenoxy) is 1. The van der Waals surface area contributed by atoms with Crippen molar-refractivity contribution in [3.63, 3.8) is 0 Å². The molecule has 0 saturated heterocycles. The Kier molecular flexibility index (Phi) is 10.1. The van der Waals surface area contributed by atoms with Crippen LogP contribution in [0.1, 0.15) is 40.7 Å². The van der Waals surface area contributed by atoms with Crippen LogP contribution in [0.15, 0.2) is 140 Å². The average molecular weight is 638 g/mol. The van der Waals surface area contributed by atoms with Crippen LogP contribution in [0.4, 0.5) is 4.79 Å². The van der Waals surface area contributed by atoms with Crippen LogP contribution >= 0.6 is 0 Å². The molecule has 1 aliphatic carbocycles. The molecule has 1 aliphatic rings. The van der Waals surface area contributed by atoms with Crippen LogP contribution in [-0.4, -0.2) is 55.5 Å². The van der Waals surface area contributed by atoms with E-state index in [-0.39, 0.29) is 50.4 Å². The lowest BCUT2D eigenvalue weighted by Gasteiger charge is -2.37. The third-order valence-corrected chi connectivity index (χ3v) is 8.89. The smallest absolute Gasteiger partial charge is 0.407 e. The number of nitrogens with zero attached hydrogens (tertiary/aromatic N) is 1. The number of fused-ring (bicyclic) bond motifs is 3. The highest BCUT2D eigenvalue weighted by Crippen LogP contribution is 2.44. The maximum absolute atomic E-state index is 13.8. The van der Waals surface area contributed by atoms with Gasteiger partial charge in [0, 0.05) is 19.0 Å². The number of carbonyl (C=O) groups is 3. The molecule has 0 radical (unpaired) electrons. The van der Waals surface area contributed by atoms with Crippen LogP contribution in [0.2, 0.25) is 0 Å². The van der Waals surface area contributed by atoms with E-state index in [0.717, 1.165) is 38.9 Å². The molecule has 0 saturated carbocycles. The molecule has 2 N–H and O–H groups in total. The molecule has 0 heterocycles. The molecule has 6 rings (SSSR count). The minimum atomic E-state index is -0.832. The molecule has 0 bridgehead atoms. The number of carbonyl (C=O) groups excluding carboxylic acids is 3. The van der Waals surface area contributed by atoms with E-state index in [1.807, 2.05) is 115 Å². The minimum absolute atomic E-state index is 0.0447. The van der Waals surface area contributed by atoms with Crippen LogP contribution in [-0.2, 0) is 19.9 Å². The number of nitrogens with one attached hydrogen (secondary N) is 2. The van der Waals surface area contributed by atoms with Gasteiger partial charge in [0.1, 0.15) is 12.4 Å². The third-order valence-electron chi connectivity index (χ3n) is 8.89. The lowest BCUT2D eigenvalue weighted by atomic mass is 9.77. The molecule has 0 unspecified atom stereocenters. The summed E-state index contributed by atoms with van der Waals surface area (Å²) in [6.45, 7) is 1.82. The van der Waals surface area contributed by atoms with Crippen LogP contribution in [0.5, 0.6) is 0 Å². The quantitative estimate of drug-likeness (QED) is 0.144. The van der Waals surface area contributed by atoms with Crippen molar-refractivity contribution in [1.29, 1.82) is 0 Å². The fraction of sp³-hybridized carbons (Fsp3) is 0.195. The van der Waals surface area contributed by atoms with Crippen LogP contribution in [0.25, 0.3) is 11.1 Å². The Morgan fingerprint density at radius 3 is 1.60 bits per heavy atom. The van der Waals surface area contributed by atoms with Crippen LogP contribution in [0.3, 0.4) is 0 Å². The Labute approximate surface area is 281 Å². The zero-order chi connectivity index (χ0) is 33.3. The fourth-order valence-electron chi connectivity index (χ4n) is 6.69. The number of alkyl carbamates (subject to hydrolysis) is 1. The van der Waals surface area contributed by atoms with Gasteiger partial charge in [-0.3, -0.25) is 14.9 Å². The number of amides is 2. The molecule has 0 fully saturated rings. The molecule has 7 nitrogen and oxygen atoms in total. The van der Waals surface area contributed by atoms with Crippen molar-refractivity contribution in [2.75, 3.05) is 32.8 Å². The first-order valence-electron chi connectivity index (χ1n) is 16.2. The second-order valence-electron chi connectivity index (χ2n) is 12.0. The van der Waals surface area contributed by atoms with Crippen molar-refractivity contribution in [2.24, 2.45) is 0 Å². The molecular weight excluding hydrogens is 598 g/mol.